The Morgan fingerprint density at radius 3 is 2.39 bits per heavy atom. The molecule has 1 amide bonds. The Bertz CT molecular complexity index is 1190. The summed E-state index contributed by atoms with van der Waals surface area (Å²) in [5, 5.41) is 13.7. The summed E-state index contributed by atoms with van der Waals surface area (Å²) in [5.41, 5.74) is 2.39. The quantitative estimate of drug-likeness (QED) is 0.380. The number of aromatic nitrogens is 2. The first-order chi connectivity index (χ1) is 15.5. The van der Waals surface area contributed by atoms with Crippen LogP contribution < -0.4 is 10.6 Å². The second-order valence-corrected chi connectivity index (χ2v) is 7.87. The summed E-state index contributed by atoms with van der Waals surface area (Å²) < 4.78 is 38.2. The second kappa shape index (κ2) is 9.58. The molecule has 3 aromatic rings. The number of rotatable bonds is 6. The van der Waals surface area contributed by atoms with Crippen LogP contribution in [-0.4, -0.2) is 21.6 Å². The third kappa shape index (κ3) is 5.87. The fourth-order valence-electron chi connectivity index (χ4n) is 3.25. The molecule has 0 aliphatic heterocycles. The predicted molar refractivity (Wildman–Crippen MR) is 122 cm³/mol. The van der Waals surface area contributed by atoms with Gasteiger partial charge in [-0.1, -0.05) is 11.6 Å². The lowest BCUT2D eigenvalue weighted by atomic mass is 10.1. The Kier molecular flexibility index (Phi) is 7.02. The van der Waals surface area contributed by atoms with Crippen molar-refractivity contribution >= 4 is 34.7 Å². The average molecular weight is 476 g/mol. The molecule has 10 heteroatoms. The first kappa shape index (κ1) is 24.2. The maximum atomic E-state index is 12.7. The topological polar surface area (TPSA) is 90.8 Å². The number of alkyl halides is 3. The monoisotopic (exact) mass is 475 g/mol. The van der Waals surface area contributed by atoms with Crippen molar-refractivity contribution in [3.05, 3.63) is 81.3 Å². The van der Waals surface area contributed by atoms with Crippen LogP contribution in [0.2, 0.25) is 5.02 Å². The van der Waals surface area contributed by atoms with Gasteiger partial charge in [-0.3, -0.25) is 9.78 Å². The highest BCUT2D eigenvalue weighted by atomic mass is 35.5. The summed E-state index contributed by atoms with van der Waals surface area (Å²) >= 11 is 6.44. The number of nitrogens with one attached hydrogen (secondary N) is 3. The van der Waals surface area contributed by atoms with E-state index >= 15 is 0 Å². The highest BCUT2D eigenvalue weighted by Crippen LogP contribution is 2.31. The van der Waals surface area contributed by atoms with E-state index in [1.165, 1.54) is 13.1 Å². The smallest absolute Gasteiger partial charge is 0.364 e. The zero-order chi connectivity index (χ0) is 24.3. The van der Waals surface area contributed by atoms with Gasteiger partial charge in [0.15, 0.2) is 0 Å². The molecule has 2 aromatic heterocycles. The molecule has 0 fully saturated rings. The molecule has 0 bridgehead atoms. The van der Waals surface area contributed by atoms with Gasteiger partial charge in [-0.05, 0) is 62.7 Å². The lowest BCUT2D eigenvalue weighted by molar-refractivity contribution is -0.137. The van der Waals surface area contributed by atoms with E-state index in [0.717, 1.165) is 41.2 Å². The number of benzene rings is 1. The summed E-state index contributed by atoms with van der Waals surface area (Å²) in [6, 6.07) is 7.92. The molecule has 0 saturated carbocycles. The Balaban J connectivity index is 1.82. The van der Waals surface area contributed by atoms with E-state index < -0.39 is 17.6 Å². The normalized spacial score (nSPS) is 11.2. The minimum Gasteiger partial charge on any atom is -0.364 e. The molecule has 0 aliphatic carbocycles. The number of amides is 1. The van der Waals surface area contributed by atoms with Gasteiger partial charge in [-0.15, -0.1) is 0 Å². The minimum absolute atomic E-state index is 0.00626. The van der Waals surface area contributed by atoms with E-state index in [-0.39, 0.29) is 27.5 Å². The Labute approximate surface area is 193 Å². The zero-order valence-corrected chi connectivity index (χ0v) is 18.8. The van der Waals surface area contributed by atoms with E-state index in [4.69, 9.17) is 17.0 Å². The molecule has 0 saturated heterocycles. The summed E-state index contributed by atoms with van der Waals surface area (Å²) in [5.74, 6) is -0.336. The third-order valence-corrected chi connectivity index (χ3v) is 5.09. The van der Waals surface area contributed by atoms with E-state index in [1.54, 1.807) is 0 Å². The van der Waals surface area contributed by atoms with Crippen LogP contribution in [0.25, 0.3) is 0 Å². The molecule has 0 atom stereocenters. The van der Waals surface area contributed by atoms with Crippen molar-refractivity contribution in [1.82, 2.24) is 9.97 Å². The van der Waals surface area contributed by atoms with Crippen molar-refractivity contribution in [3.63, 3.8) is 0 Å². The van der Waals surface area contributed by atoms with Crippen molar-refractivity contribution in [1.29, 1.82) is 5.41 Å². The Morgan fingerprint density at radius 2 is 1.82 bits per heavy atom. The van der Waals surface area contributed by atoms with Crippen molar-refractivity contribution in [2.45, 2.75) is 33.5 Å². The van der Waals surface area contributed by atoms with Crippen LogP contribution >= 0.6 is 11.6 Å². The number of anilines is 2. The molecule has 33 heavy (non-hydrogen) atoms. The van der Waals surface area contributed by atoms with Crippen LogP contribution in [0.15, 0.2) is 42.6 Å². The van der Waals surface area contributed by atoms with Gasteiger partial charge in [0.1, 0.15) is 5.82 Å². The van der Waals surface area contributed by atoms with Gasteiger partial charge in [-0.25, -0.2) is 4.98 Å². The second-order valence-electron chi connectivity index (χ2n) is 7.49. The van der Waals surface area contributed by atoms with E-state index in [9.17, 15) is 18.0 Å². The molecule has 0 spiro atoms. The zero-order valence-electron chi connectivity index (χ0n) is 18.1. The van der Waals surface area contributed by atoms with Gasteiger partial charge in [0.25, 0.3) is 5.91 Å². The van der Waals surface area contributed by atoms with Gasteiger partial charge in [0, 0.05) is 23.3 Å². The van der Waals surface area contributed by atoms with Crippen molar-refractivity contribution in [2.24, 2.45) is 0 Å². The van der Waals surface area contributed by atoms with Crippen LogP contribution in [0, 0.1) is 19.3 Å². The number of aryl methyl sites for hydroxylation is 2. The largest absolute Gasteiger partial charge is 0.416 e. The van der Waals surface area contributed by atoms with Crippen LogP contribution in [0.4, 0.5) is 24.7 Å². The van der Waals surface area contributed by atoms with Crippen molar-refractivity contribution in [2.75, 3.05) is 10.6 Å². The van der Waals surface area contributed by atoms with Crippen molar-refractivity contribution in [3.8, 4) is 0 Å². The molecule has 172 valence electrons. The van der Waals surface area contributed by atoms with Gasteiger partial charge < -0.3 is 16.0 Å². The molecular weight excluding hydrogens is 455 g/mol. The van der Waals surface area contributed by atoms with E-state index in [1.807, 2.05) is 26.0 Å². The molecule has 1 aromatic carbocycles. The van der Waals surface area contributed by atoms with Crippen LogP contribution in [-0.2, 0) is 12.7 Å². The summed E-state index contributed by atoms with van der Waals surface area (Å²) in [4.78, 5) is 21.4. The highest BCUT2D eigenvalue weighted by molar-refractivity contribution is 6.38. The standard InChI is InChI=1S/C23H21ClF3N5O/c1-12-8-13(2)31-17(9-12)10-29-21-19(14(3)28)20(24)18(11-30-21)22(33)32-16-6-4-15(5-7-16)23(25,26)27/h4-9,11,28H,10H2,1-3H3,(H,29,30)(H,32,33). The first-order valence-electron chi connectivity index (χ1n) is 9.86. The molecular formula is C23H21ClF3N5O. The van der Waals surface area contributed by atoms with Gasteiger partial charge in [-0.2, -0.15) is 13.2 Å². The lowest BCUT2D eigenvalue weighted by Gasteiger charge is -2.15. The highest BCUT2D eigenvalue weighted by Gasteiger charge is 2.30. The molecule has 3 N–H and O–H groups in total. The molecule has 0 unspecified atom stereocenters. The predicted octanol–water partition coefficient (Wildman–Crippen LogP) is 6.02. The maximum absolute atomic E-state index is 12.7. The number of carbonyl (C=O) groups is 1. The first-order valence-corrected chi connectivity index (χ1v) is 10.2. The van der Waals surface area contributed by atoms with Crippen LogP contribution in [0.5, 0.6) is 0 Å². The number of hydrogen-bond acceptors (Lipinski definition) is 5. The van der Waals surface area contributed by atoms with Gasteiger partial charge >= 0.3 is 6.18 Å². The number of nitrogens with zero attached hydrogens (tertiary/aromatic N) is 2. The third-order valence-electron chi connectivity index (χ3n) is 4.69. The van der Waals surface area contributed by atoms with Crippen LogP contribution in [0.3, 0.4) is 0 Å². The van der Waals surface area contributed by atoms with Gasteiger partial charge in [0.05, 0.1) is 34.0 Å². The Hall–Kier alpha value is -3.46. The minimum atomic E-state index is -4.47. The number of halogens is 4. The molecule has 6 nitrogen and oxygen atoms in total. The number of hydrogen-bond donors (Lipinski definition) is 3. The molecule has 3 rings (SSSR count). The summed E-state index contributed by atoms with van der Waals surface area (Å²) in [7, 11) is 0. The lowest BCUT2D eigenvalue weighted by Crippen LogP contribution is -2.16. The van der Waals surface area contributed by atoms with Gasteiger partial charge in [0.2, 0.25) is 0 Å². The fourth-order valence-corrected chi connectivity index (χ4v) is 3.62. The van der Waals surface area contributed by atoms with Crippen molar-refractivity contribution < 1.29 is 18.0 Å². The average Bonchev–Trinajstić information content (AvgIpc) is 2.71. The summed E-state index contributed by atoms with van der Waals surface area (Å²) in [6.45, 7) is 5.71. The number of pyridine rings is 2. The number of carbonyl (C=O) groups excluding carboxylic acids is 1. The maximum Gasteiger partial charge on any atom is 0.416 e. The Morgan fingerprint density at radius 1 is 1.15 bits per heavy atom. The van der Waals surface area contributed by atoms with E-state index in [0.29, 0.717) is 12.4 Å². The molecule has 0 aliphatic rings. The fraction of sp³-hybridized carbons (Fsp3) is 0.217. The van der Waals surface area contributed by atoms with E-state index in [2.05, 4.69) is 20.6 Å². The van der Waals surface area contributed by atoms with Crippen LogP contribution in [0.1, 0.15) is 45.4 Å². The molecule has 2 heterocycles. The SMILES string of the molecule is CC(=N)c1c(NCc2cc(C)cc(C)n2)ncc(C(=O)Nc2ccc(C(F)(F)F)cc2)c1Cl. The molecule has 0 radical (unpaired) electrons. The summed E-state index contributed by atoms with van der Waals surface area (Å²) in [6.07, 6.45) is -3.22.